The van der Waals surface area contributed by atoms with E-state index in [4.69, 9.17) is 16.3 Å². The maximum atomic E-state index is 12.6. The molecule has 1 aromatic heterocycles. The third-order valence-corrected chi connectivity index (χ3v) is 3.91. The van der Waals surface area contributed by atoms with Crippen LogP contribution in [0.25, 0.3) is 16.7 Å². The van der Waals surface area contributed by atoms with Gasteiger partial charge in [-0.15, -0.1) is 0 Å². The molecule has 6 nitrogen and oxygen atoms in total. The number of halogens is 1. The average molecular weight is 359 g/mol. The van der Waals surface area contributed by atoms with Crippen molar-refractivity contribution in [2.24, 2.45) is 0 Å². The predicted molar refractivity (Wildman–Crippen MR) is 95.1 cm³/mol. The number of aromatic carboxylic acids is 1. The Morgan fingerprint density at radius 2 is 1.96 bits per heavy atom. The lowest BCUT2D eigenvalue weighted by molar-refractivity contribution is 0.0688. The van der Waals surface area contributed by atoms with E-state index in [1.165, 1.54) is 4.57 Å². The topological polar surface area (TPSA) is 81.4 Å². The maximum Gasteiger partial charge on any atom is 0.360 e. The minimum Gasteiger partial charge on any atom is -0.494 e. The first kappa shape index (κ1) is 17.0. The van der Waals surface area contributed by atoms with E-state index < -0.39 is 17.2 Å². The summed E-state index contributed by atoms with van der Waals surface area (Å²) >= 11 is 6.14. The molecule has 0 spiro atoms. The molecule has 0 amide bonds. The number of nitrogens with zero attached hydrogens (tertiary/aromatic N) is 2. The molecule has 3 rings (SSSR count). The minimum absolute atomic E-state index is 0.257. The number of carbonyl (C=O) groups is 1. The highest BCUT2D eigenvalue weighted by Crippen LogP contribution is 2.23. The van der Waals surface area contributed by atoms with Gasteiger partial charge in [-0.1, -0.05) is 24.6 Å². The van der Waals surface area contributed by atoms with Gasteiger partial charge in [-0.3, -0.25) is 9.36 Å². The molecule has 25 heavy (non-hydrogen) atoms. The Hall–Kier alpha value is -2.86. The van der Waals surface area contributed by atoms with Crippen molar-refractivity contribution in [2.75, 3.05) is 6.61 Å². The molecule has 0 unspecified atom stereocenters. The van der Waals surface area contributed by atoms with E-state index in [1.807, 2.05) is 6.92 Å². The first-order valence-electron chi connectivity index (χ1n) is 7.70. The summed E-state index contributed by atoms with van der Waals surface area (Å²) in [5.41, 5.74) is -0.0976. The molecule has 0 radical (unpaired) electrons. The van der Waals surface area contributed by atoms with Crippen molar-refractivity contribution in [3.8, 4) is 11.4 Å². The fourth-order valence-electron chi connectivity index (χ4n) is 2.48. The van der Waals surface area contributed by atoms with E-state index >= 15 is 0 Å². The van der Waals surface area contributed by atoms with Crippen LogP contribution in [0.2, 0.25) is 5.02 Å². The Labute approximate surface area is 148 Å². The van der Waals surface area contributed by atoms with Crippen molar-refractivity contribution in [3.63, 3.8) is 0 Å². The fraction of sp³-hybridized carbons (Fsp3) is 0.167. The van der Waals surface area contributed by atoms with Crippen LogP contribution in [0.15, 0.2) is 47.3 Å². The summed E-state index contributed by atoms with van der Waals surface area (Å²) in [4.78, 5) is 28.0. The van der Waals surface area contributed by atoms with Crippen LogP contribution in [-0.4, -0.2) is 27.2 Å². The zero-order chi connectivity index (χ0) is 18.0. The van der Waals surface area contributed by atoms with Crippen molar-refractivity contribution in [2.45, 2.75) is 13.3 Å². The SMILES string of the molecule is CCCOc1ccc(-n2c(=O)c(C(=O)O)nc3c(Cl)cccc32)cc1. The van der Waals surface area contributed by atoms with Crippen LogP contribution in [0, 0.1) is 0 Å². The molecule has 0 saturated heterocycles. The van der Waals surface area contributed by atoms with Crippen LogP contribution in [0.3, 0.4) is 0 Å². The van der Waals surface area contributed by atoms with Gasteiger partial charge in [0.05, 0.1) is 17.1 Å². The van der Waals surface area contributed by atoms with Gasteiger partial charge in [0.25, 0.3) is 5.56 Å². The summed E-state index contributed by atoms with van der Waals surface area (Å²) in [7, 11) is 0. The molecular weight excluding hydrogens is 344 g/mol. The number of benzene rings is 2. The third kappa shape index (κ3) is 3.21. The second kappa shape index (κ2) is 6.94. The van der Waals surface area contributed by atoms with Crippen LogP contribution >= 0.6 is 11.6 Å². The molecule has 0 aliphatic rings. The van der Waals surface area contributed by atoms with Crippen LogP contribution < -0.4 is 10.3 Å². The molecule has 0 fully saturated rings. The van der Waals surface area contributed by atoms with E-state index in [2.05, 4.69) is 4.98 Å². The lowest BCUT2D eigenvalue weighted by Gasteiger charge is -2.12. The highest BCUT2D eigenvalue weighted by Gasteiger charge is 2.19. The number of fused-ring (bicyclic) bond motifs is 1. The van der Waals surface area contributed by atoms with E-state index in [9.17, 15) is 14.7 Å². The average Bonchev–Trinajstić information content (AvgIpc) is 2.60. The smallest absolute Gasteiger partial charge is 0.360 e. The Bertz CT molecular complexity index is 996. The minimum atomic E-state index is -1.40. The highest BCUT2D eigenvalue weighted by molar-refractivity contribution is 6.34. The highest BCUT2D eigenvalue weighted by atomic mass is 35.5. The Morgan fingerprint density at radius 3 is 2.60 bits per heavy atom. The Balaban J connectivity index is 2.24. The number of carboxylic acid groups (broad SMARTS) is 1. The zero-order valence-corrected chi connectivity index (χ0v) is 14.2. The number of hydrogen-bond acceptors (Lipinski definition) is 4. The maximum absolute atomic E-state index is 12.6. The van der Waals surface area contributed by atoms with Crippen molar-refractivity contribution < 1.29 is 14.6 Å². The van der Waals surface area contributed by atoms with Gasteiger partial charge in [0.2, 0.25) is 5.69 Å². The van der Waals surface area contributed by atoms with Gasteiger partial charge in [0.1, 0.15) is 11.3 Å². The van der Waals surface area contributed by atoms with E-state index in [0.717, 1.165) is 6.42 Å². The summed E-state index contributed by atoms with van der Waals surface area (Å²) in [5.74, 6) is -0.725. The number of carboxylic acids is 1. The molecule has 3 aromatic rings. The molecule has 1 N–H and O–H groups in total. The second-order valence-corrected chi connectivity index (χ2v) is 5.76. The van der Waals surface area contributed by atoms with Crippen LogP contribution in [0.4, 0.5) is 0 Å². The summed E-state index contributed by atoms with van der Waals surface area (Å²) in [6, 6.07) is 11.8. The van der Waals surface area contributed by atoms with Gasteiger partial charge in [0, 0.05) is 5.69 Å². The summed E-state index contributed by atoms with van der Waals surface area (Å²) in [6.07, 6.45) is 0.886. The first-order valence-corrected chi connectivity index (χ1v) is 8.08. The normalized spacial score (nSPS) is 10.8. The molecule has 128 valence electrons. The number of rotatable bonds is 5. The molecule has 0 aliphatic heterocycles. The van der Waals surface area contributed by atoms with Gasteiger partial charge < -0.3 is 9.84 Å². The summed E-state index contributed by atoms with van der Waals surface area (Å²) in [5, 5.41) is 9.56. The third-order valence-electron chi connectivity index (χ3n) is 3.61. The van der Waals surface area contributed by atoms with E-state index in [0.29, 0.717) is 23.6 Å². The zero-order valence-electron chi connectivity index (χ0n) is 13.4. The fourth-order valence-corrected chi connectivity index (χ4v) is 2.69. The van der Waals surface area contributed by atoms with Crippen LogP contribution in [-0.2, 0) is 0 Å². The summed E-state index contributed by atoms with van der Waals surface area (Å²) in [6.45, 7) is 2.60. The number of aromatic nitrogens is 2. The quantitative estimate of drug-likeness (QED) is 0.754. The second-order valence-electron chi connectivity index (χ2n) is 5.36. The van der Waals surface area contributed by atoms with Crippen LogP contribution in [0.1, 0.15) is 23.8 Å². The molecule has 2 aromatic carbocycles. The first-order chi connectivity index (χ1) is 12.0. The van der Waals surface area contributed by atoms with Crippen molar-refractivity contribution in [1.82, 2.24) is 9.55 Å². The van der Waals surface area contributed by atoms with Gasteiger partial charge in [-0.05, 0) is 42.8 Å². The number of hydrogen-bond donors (Lipinski definition) is 1. The van der Waals surface area contributed by atoms with Crippen LogP contribution in [0.5, 0.6) is 5.75 Å². The molecule has 1 heterocycles. The van der Waals surface area contributed by atoms with Crippen molar-refractivity contribution >= 4 is 28.6 Å². The monoisotopic (exact) mass is 358 g/mol. The van der Waals surface area contributed by atoms with Gasteiger partial charge in [-0.2, -0.15) is 0 Å². The number of para-hydroxylation sites is 1. The lowest BCUT2D eigenvalue weighted by atomic mass is 10.2. The lowest BCUT2D eigenvalue weighted by Crippen LogP contribution is -2.27. The van der Waals surface area contributed by atoms with E-state index in [-0.39, 0.29) is 10.5 Å². The molecule has 0 saturated carbocycles. The van der Waals surface area contributed by atoms with Crippen molar-refractivity contribution in [1.29, 1.82) is 0 Å². The largest absolute Gasteiger partial charge is 0.494 e. The standard InChI is InChI=1S/C18H15ClN2O4/c1-2-10-25-12-8-6-11(7-9-12)21-14-5-3-4-13(19)15(14)20-16(17(21)22)18(23)24/h3-9H,2,10H2,1H3,(H,23,24). The van der Waals surface area contributed by atoms with Gasteiger partial charge in [0.15, 0.2) is 0 Å². The number of ether oxygens (including phenoxy) is 1. The molecule has 0 atom stereocenters. The Kier molecular flexibility index (Phi) is 4.72. The van der Waals surface area contributed by atoms with Gasteiger partial charge >= 0.3 is 5.97 Å². The Morgan fingerprint density at radius 1 is 1.24 bits per heavy atom. The molecule has 7 heteroatoms. The van der Waals surface area contributed by atoms with Crippen molar-refractivity contribution in [3.05, 3.63) is 63.5 Å². The molecular formula is C18H15ClN2O4. The predicted octanol–water partition coefficient (Wildman–Crippen LogP) is 3.53. The van der Waals surface area contributed by atoms with Gasteiger partial charge in [-0.25, -0.2) is 9.78 Å². The summed E-state index contributed by atoms with van der Waals surface area (Å²) < 4.78 is 6.82. The molecule has 0 aliphatic carbocycles. The van der Waals surface area contributed by atoms with E-state index in [1.54, 1.807) is 42.5 Å². The molecule has 0 bridgehead atoms.